The number of aromatic nitrogens is 3. The monoisotopic (exact) mass is 386 g/mol. The molecule has 150 valence electrons. The summed E-state index contributed by atoms with van der Waals surface area (Å²) in [5.41, 5.74) is 1.33. The van der Waals surface area contributed by atoms with Crippen molar-refractivity contribution in [2.75, 3.05) is 10.6 Å². The Hall–Kier alpha value is -2.77. The molecule has 1 aliphatic carbocycles. The fraction of sp³-hybridized carbons (Fsp3) is 0.500. The fourth-order valence-corrected chi connectivity index (χ4v) is 3.19. The highest BCUT2D eigenvalue weighted by Crippen LogP contribution is 2.36. The lowest BCUT2D eigenvalue weighted by Gasteiger charge is -2.19. The van der Waals surface area contributed by atoms with Crippen LogP contribution in [0.4, 0.5) is 16.3 Å². The summed E-state index contributed by atoms with van der Waals surface area (Å²) in [5, 5.41) is 17.5. The third-order valence-corrected chi connectivity index (χ3v) is 4.87. The number of nitrogens with zero attached hydrogens (tertiary/aromatic N) is 4. The second-order valence-corrected chi connectivity index (χ2v) is 7.07. The van der Waals surface area contributed by atoms with Crippen LogP contribution in [0.25, 0.3) is 0 Å². The van der Waals surface area contributed by atoms with Crippen LogP contribution in [-0.2, 0) is 6.42 Å². The molecular formula is C20H27FN6O. The zero-order valence-electron chi connectivity index (χ0n) is 16.1. The SMILES string of the molecule is CCC(F)c1nc(NC=NO)nc(NC(CCCc2ccccc2)C2CC2)n1. The molecule has 0 bridgehead atoms. The number of benzene rings is 1. The molecule has 3 N–H and O–H groups in total. The van der Waals surface area contributed by atoms with Gasteiger partial charge in [0, 0.05) is 6.04 Å². The smallest absolute Gasteiger partial charge is 0.233 e. The van der Waals surface area contributed by atoms with E-state index in [2.05, 4.69) is 55.0 Å². The molecule has 0 spiro atoms. The first-order valence-corrected chi connectivity index (χ1v) is 9.82. The van der Waals surface area contributed by atoms with Gasteiger partial charge in [-0.1, -0.05) is 42.4 Å². The van der Waals surface area contributed by atoms with Crippen LogP contribution in [-0.4, -0.2) is 32.5 Å². The maximum absolute atomic E-state index is 14.2. The van der Waals surface area contributed by atoms with Crippen LogP contribution in [0.15, 0.2) is 35.5 Å². The van der Waals surface area contributed by atoms with Crippen LogP contribution < -0.4 is 10.6 Å². The predicted octanol–water partition coefficient (Wildman–Crippen LogP) is 4.34. The molecule has 1 fully saturated rings. The Morgan fingerprint density at radius 2 is 1.96 bits per heavy atom. The first-order chi connectivity index (χ1) is 13.7. The van der Waals surface area contributed by atoms with E-state index in [9.17, 15) is 4.39 Å². The second-order valence-electron chi connectivity index (χ2n) is 7.07. The van der Waals surface area contributed by atoms with E-state index in [1.165, 1.54) is 18.4 Å². The van der Waals surface area contributed by atoms with Crippen LogP contribution >= 0.6 is 0 Å². The summed E-state index contributed by atoms with van der Waals surface area (Å²) in [5.74, 6) is 1.18. The minimum Gasteiger partial charge on any atom is -0.410 e. The van der Waals surface area contributed by atoms with E-state index >= 15 is 0 Å². The van der Waals surface area contributed by atoms with Gasteiger partial charge in [0.1, 0.15) is 6.34 Å². The molecule has 2 aromatic rings. The summed E-state index contributed by atoms with van der Waals surface area (Å²) >= 11 is 0. The highest BCUT2D eigenvalue weighted by molar-refractivity contribution is 5.71. The highest BCUT2D eigenvalue weighted by Gasteiger charge is 2.31. The van der Waals surface area contributed by atoms with Gasteiger partial charge in [-0.3, -0.25) is 0 Å². The van der Waals surface area contributed by atoms with E-state index in [0.29, 0.717) is 11.9 Å². The standard InChI is InChI=1S/C20H27FN6O/c1-2-16(21)18-25-19(22-13-23-28)27-20(26-18)24-17(15-11-12-15)10-6-9-14-7-4-3-5-8-14/h3-5,7-8,13,15-17,28H,2,6,9-12H2,1H3,(H2,22,23,24,25,26,27). The molecule has 7 nitrogen and oxygen atoms in total. The zero-order chi connectivity index (χ0) is 19.8. The van der Waals surface area contributed by atoms with Gasteiger partial charge in [0.05, 0.1) is 0 Å². The minimum atomic E-state index is -1.27. The minimum absolute atomic E-state index is 0.0765. The normalized spacial score (nSPS) is 16.1. The molecule has 0 amide bonds. The lowest BCUT2D eigenvalue weighted by molar-refractivity contribution is 0.318. The first-order valence-electron chi connectivity index (χ1n) is 9.82. The number of nitrogens with one attached hydrogen (secondary N) is 2. The summed E-state index contributed by atoms with van der Waals surface area (Å²) in [6.07, 6.45) is 5.49. The van der Waals surface area contributed by atoms with Gasteiger partial charge in [0.2, 0.25) is 11.9 Å². The van der Waals surface area contributed by atoms with Crippen molar-refractivity contribution in [1.82, 2.24) is 15.0 Å². The molecule has 2 atom stereocenters. The molecule has 1 heterocycles. The summed E-state index contributed by atoms with van der Waals surface area (Å²) in [6.45, 7) is 1.74. The van der Waals surface area contributed by atoms with Crippen LogP contribution in [0.1, 0.15) is 56.6 Å². The van der Waals surface area contributed by atoms with Gasteiger partial charge < -0.3 is 15.8 Å². The summed E-state index contributed by atoms with van der Waals surface area (Å²) < 4.78 is 14.2. The largest absolute Gasteiger partial charge is 0.410 e. The highest BCUT2D eigenvalue weighted by atomic mass is 19.1. The molecule has 0 radical (unpaired) electrons. The fourth-order valence-electron chi connectivity index (χ4n) is 3.19. The molecular weight excluding hydrogens is 359 g/mol. The van der Waals surface area contributed by atoms with Crippen molar-refractivity contribution in [2.45, 2.75) is 57.7 Å². The maximum Gasteiger partial charge on any atom is 0.233 e. The van der Waals surface area contributed by atoms with E-state index in [1.54, 1.807) is 6.92 Å². The Morgan fingerprint density at radius 1 is 1.21 bits per heavy atom. The lowest BCUT2D eigenvalue weighted by atomic mass is 10.0. The molecule has 28 heavy (non-hydrogen) atoms. The molecule has 1 aromatic heterocycles. The number of halogens is 1. The predicted molar refractivity (Wildman–Crippen MR) is 107 cm³/mol. The van der Waals surface area contributed by atoms with Crippen LogP contribution in [0.2, 0.25) is 0 Å². The molecule has 0 aliphatic heterocycles. The molecule has 3 rings (SSSR count). The van der Waals surface area contributed by atoms with Gasteiger partial charge in [-0.25, -0.2) is 4.39 Å². The van der Waals surface area contributed by atoms with Crippen molar-refractivity contribution in [3.63, 3.8) is 0 Å². The molecule has 0 saturated heterocycles. The van der Waals surface area contributed by atoms with Crippen molar-refractivity contribution < 1.29 is 9.60 Å². The number of rotatable bonds is 11. The topological polar surface area (TPSA) is 95.3 Å². The van der Waals surface area contributed by atoms with Crippen LogP contribution in [0, 0.1) is 5.92 Å². The van der Waals surface area contributed by atoms with E-state index in [0.717, 1.165) is 25.6 Å². The van der Waals surface area contributed by atoms with E-state index in [4.69, 9.17) is 5.21 Å². The van der Waals surface area contributed by atoms with Gasteiger partial charge in [-0.2, -0.15) is 15.0 Å². The van der Waals surface area contributed by atoms with Gasteiger partial charge in [0.15, 0.2) is 12.0 Å². The van der Waals surface area contributed by atoms with Crippen molar-refractivity contribution >= 4 is 18.2 Å². The summed E-state index contributed by atoms with van der Waals surface area (Å²) in [4.78, 5) is 12.6. The Kier molecular flexibility index (Phi) is 7.11. The number of alkyl halides is 1. The first kappa shape index (κ1) is 20.0. The molecule has 1 saturated carbocycles. The summed E-state index contributed by atoms with van der Waals surface area (Å²) in [6, 6.07) is 10.7. The van der Waals surface area contributed by atoms with Crippen molar-refractivity contribution in [2.24, 2.45) is 11.1 Å². The van der Waals surface area contributed by atoms with Crippen molar-refractivity contribution in [1.29, 1.82) is 0 Å². The molecule has 8 heteroatoms. The van der Waals surface area contributed by atoms with Crippen LogP contribution in [0.3, 0.4) is 0 Å². The van der Waals surface area contributed by atoms with Crippen molar-refractivity contribution in [3.05, 3.63) is 41.7 Å². The van der Waals surface area contributed by atoms with E-state index in [1.807, 2.05) is 6.07 Å². The van der Waals surface area contributed by atoms with Gasteiger partial charge in [-0.15, -0.1) is 0 Å². The Balaban J connectivity index is 1.67. The van der Waals surface area contributed by atoms with E-state index < -0.39 is 6.17 Å². The quantitative estimate of drug-likeness (QED) is 0.230. The third-order valence-electron chi connectivity index (χ3n) is 4.87. The average molecular weight is 386 g/mol. The Morgan fingerprint density at radius 3 is 2.64 bits per heavy atom. The van der Waals surface area contributed by atoms with Gasteiger partial charge in [0.25, 0.3) is 0 Å². The second kappa shape index (κ2) is 9.96. The Bertz CT molecular complexity index is 769. The number of hydrogen-bond acceptors (Lipinski definition) is 6. The lowest BCUT2D eigenvalue weighted by Crippen LogP contribution is -2.24. The van der Waals surface area contributed by atoms with E-state index in [-0.39, 0.29) is 24.2 Å². The average Bonchev–Trinajstić information content (AvgIpc) is 3.57. The Labute approximate surface area is 164 Å². The number of aryl methyl sites for hydroxylation is 1. The summed E-state index contributed by atoms with van der Waals surface area (Å²) in [7, 11) is 0. The van der Waals surface area contributed by atoms with Crippen molar-refractivity contribution in [3.8, 4) is 0 Å². The number of anilines is 2. The number of hydrogen-bond donors (Lipinski definition) is 3. The maximum atomic E-state index is 14.2. The molecule has 1 aliphatic rings. The molecule has 2 unspecified atom stereocenters. The third kappa shape index (κ3) is 5.87. The van der Waals surface area contributed by atoms with Crippen LogP contribution in [0.5, 0.6) is 0 Å². The van der Waals surface area contributed by atoms with Gasteiger partial charge in [-0.05, 0) is 50.0 Å². The number of oxime groups is 1. The zero-order valence-corrected chi connectivity index (χ0v) is 16.1. The van der Waals surface area contributed by atoms with Gasteiger partial charge >= 0.3 is 0 Å². The molecule has 1 aromatic carbocycles.